The van der Waals surface area contributed by atoms with E-state index < -0.39 is 6.36 Å². The summed E-state index contributed by atoms with van der Waals surface area (Å²) in [5, 5.41) is 9.17. The van der Waals surface area contributed by atoms with Crippen molar-refractivity contribution in [1.29, 1.82) is 0 Å². The normalized spacial score (nSPS) is 16.3. The van der Waals surface area contributed by atoms with E-state index in [1.54, 1.807) is 11.8 Å². The highest BCUT2D eigenvalue weighted by Gasteiger charge is 2.31. The smallest absolute Gasteiger partial charge is 0.406 e. The Morgan fingerprint density at radius 1 is 1.11 bits per heavy atom. The Balaban J connectivity index is 1.18. The number of rotatable bonds is 8. The lowest BCUT2D eigenvalue weighted by Crippen LogP contribution is -2.40. The number of anilines is 1. The first kappa shape index (κ1) is 32.5. The number of halogens is 3. The summed E-state index contributed by atoms with van der Waals surface area (Å²) in [6.07, 6.45) is -2.47. The molecule has 1 aromatic heterocycles. The van der Waals surface area contributed by atoms with Gasteiger partial charge in [0, 0.05) is 30.1 Å². The van der Waals surface area contributed by atoms with Gasteiger partial charge in [0.15, 0.2) is 16.1 Å². The predicted octanol–water partition coefficient (Wildman–Crippen LogP) is 7.93. The Kier molecular flexibility index (Phi) is 10.1. The van der Waals surface area contributed by atoms with Gasteiger partial charge < -0.3 is 15.0 Å². The van der Waals surface area contributed by atoms with Crippen molar-refractivity contribution in [2.45, 2.75) is 46.4 Å². The Morgan fingerprint density at radius 2 is 1.84 bits per heavy atom. The van der Waals surface area contributed by atoms with Gasteiger partial charge in [-0.05, 0) is 84.4 Å². The number of benzene rings is 3. The molecule has 5 rings (SSSR count). The van der Waals surface area contributed by atoms with Gasteiger partial charge in [-0.15, -0.1) is 18.3 Å². The fourth-order valence-electron chi connectivity index (χ4n) is 4.99. The van der Waals surface area contributed by atoms with Gasteiger partial charge in [0.25, 0.3) is 0 Å². The van der Waals surface area contributed by atoms with Crippen LogP contribution in [0.15, 0.2) is 78.0 Å². The molecule has 1 saturated heterocycles. The van der Waals surface area contributed by atoms with E-state index >= 15 is 0 Å². The van der Waals surface area contributed by atoms with Crippen molar-refractivity contribution in [3.05, 3.63) is 89.7 Å². The summed E-state index contributed by atoms with van der Waals surface area (Å²) in [6.45, 7) is 10.4. The summed E-state index contributed by atoms with van der Waals surface area (Å²) in [7, 11) is 0. The number of thioether (sulfide) groups is 1. The SMILES string of the molecule is Cc1ccc(C(C)C)c(N2CC(C)CS/C2=N\C(=S)NCCc2ccc(-c3ncn(-c4ccc(OC(F)(F)F)cc4)n3)cc2)c1. The molecule has 0 spiro atoms. The van der Waals surface area contributed by atoms with Crippen molar-refractivity contribution in [2.75, 3.05) is 23.7 Å². The van der Waals surface area contributed by atoms with Crippen molar-refractivity contribution >= 4 is 39.9 Å². The fourth-order valence-corrected chi connectivity index (χ4v) is 6.26. The maximum absolute atomic E-state index is 12.4. The van der Waals surface area contributed by atoms with Crippen LogP contribution < -0.4 is 15.0 Å². The predicted molar refractivity (Wildman–Crippen MR) is 179 cm³/mol. The molecule has 0 saturated carbocycles. The molecule has 0 bridgehead atoms. The van der Waals surface area contributed by atoms with Crippen molar-refractivity contribution in [2.24, 2.45) is 10.9 Å². The van der Waals surface area contributed by atoms with Gasteiger partial charge in [-0.25, -0.2) is 9.67 Å². The monoisotopic (exact) mass is 652 g/mol. The first-order valence-corrected chi connectivity index (χ1v) is 16.1. The molecule has 0 amide bonds. The summed E-state index contributed by atoms with van der Waals surface area (Å²) in [5.74, 6) is 2.15. The maximum Gasteiger partial charge on any atom is 0.573 e. The zero-order chi connectivity index (χ0) is 32.1. The molecule has 0 aliphatic carbocycles. The minimum absolute atomic E-state index is 0.295. The van der Waals surface area contributed by atoms with Gasteiger partial charge >= 0.3 is 6.36 Å². The molecule has 4 aromatic rings. The first-order valence-electron chi connectivity index (χ1n) is 14.7. The maximum atomic E-state index is 12.4. The number of thiocarbonyl (C=S) groups is 1. The molecule has 1 aliphatic rings. The van der Waals surface area contributed by atoms with Crippen LogP contribution in [0.4, 0.5) is 18.9 Å². The molecule has 1 aliphatic heterocycles. The lowest BCUT2D eigenvalue weighted by atomic mass is 9.98. The van der Waals surface area contributed by atoms with Crippen LogP contribution in [0.1, 0.15) is 43.4 Å². The molecule has 1 atom stereocenters. The van der Waals surface area contributed by atoms with Gasteiger partial charge in [-0.3, -0.25) is 0 Å². The molecule has 12 heteroatoms. The van der Waals surface area contributed by atoms with Crippen molar-refractivity contribution in [1.82, 2.24) is 20.1 Å². The second-order valence-corrected chi connectivity index (χ2v) is 12.7. The van der Waals surface area contributed by atoms with Crippen LogP contribution >= 0.6 is 24.0 Å². The third kappa shape index (κ3) is 8.64. The summed E-state index contributed by atoms with van der Waals surface area (Å²) in [4.78, 5) is 11.5. The second-order valence-electron chi connectivity index (χ2n) is 11.4. The summed E-state index contributed by atoms with van der Waals surface area (Å²) >= 11 is 7.39. The van der Waals surface area contributed by atoms with Crippen LogP contribution in [-0.2, 0) is 6.42 Å². The Bertz CT molecular complexity index is 1650. The highest BCUT2D eigenvalue weighted by Crippen LogP contribution is 2.34. The third-order valence-corrected chi connectivity index (χ3v) is 8.79. The van der Waals surface area contributed by atoms with E-state index in [0.29, 0.717) is 35.0 Å². The number of hydrogen-bond acceptors (Lipinski definition) is 5. The summed E-state index contributed by atoms with van der Waals surface area (Å²) in [6, 6.07) is 20.0. The topological polar surface area (TPSA) is 67.6 Å². The molecule has 45 heavy (non-hydrogen) atoms. The van der Waals surface area contributed by atoms with Crippen LogP contribution in [0.3, 0.4) is 0 Å². The van der Waals surface area contributed by atoms with E-state index in [4.69, 9.17) is 17.2 Å². The minimum atomic E-state index is -4.74. The molecular weight excluding hydrogens is 618 g/mol. The number of alkyl halides is 3. The van der Waals surface area contributed by atoms with Crippen LogP contribution in [0.5, 0.6) is 5.75 Å². The van der Waals surface area contributed by atoms with Crippen molar-refractivity contribution in [3.8, 4) is 22.8 Å². The molecule has 1 N–H and O–H groups in total. The molecule has 7 nitrogen and oxygen atoms in total. The number of hydrogen-bond donors (Lipinski definition) is 1. The lowest BCUT2D eigenvalue weighted by molar-refractivity contribution is -0.274. The van der Waals surface area contributed by atoms with E-state index in [0.717, 1.165) is 35.0 Å². The molecule has 1 unspecified atom stereocenters. The van der Waals surface area contributed by atoms with Crippen molar-refractivity contribution < 1.29 is 17.9 Å². The quantitative estimate of drug-likeness (QED) is 0.194. The van der Waals surface area contributed by atoms with Crippen LogP contribution in [0.25, 0.3) is 17.1 Å². The van der Waals surface area contributed by atoms with Crippen LogP contribution in [0.2, 0.25) is 0 Å². The number of amidine groups is 1. The van der Waals surface area contributed by atoms with Gasteiger partial charge in [-0.2, -0.15) is 4.99 Å². The van der Waals surface area contributed by atoms with Gasteiger partial charge in [0.2, 0.25) is 0 Å². The van der Waals surface area contributed by atoms with Gasteiger partial charge in [0.1, 0.15) is 12.1 Å². The number of nitrogens with zero attached hydrogens (tertiary/aromatic N) is 5. The zero-order valence-corrected chi connectivity index (χ0v) is 27.1. The molecular formula is C33H35F3N6OS2. The molecule has 236 valence electrons. The summed E-state index contributed by atoms with van der Waals surface area (Å²) in [5.41, 5.74) is 6.24. The largest absolute Gasteiger partial charge is 0.573 e. The van der Waals surface area contributed by atoms with E-state index in [2.05, 4.69) is 70.9 Å². The van der Waals surface area contributed by atoms with E-state index in [1.807, 2.05) is 24.3 Å². The lowest BCUT2D eigenvalue weighted by Gasteiger charge is -2.35. The molecule has 0 radical (unpaired) electrons. The second kappa shape index (κ2) is 14.0. The molecule has 3 aromatic carbocycles. The number of nitrogens with one attached hydrogen (secondary N) is 1. The molecule has 2 heterocycles. The zero-order valence-electron chi connectivity index (χ0n) is 25.5. The third-order valence-electron chi connectivity index (χ3n) is 7.25. The number of aromatic nitrogens is 3. The average molecular weight is 653 g/mol. The van der Waals surface area contributed by atoms with Gasteiger partial charge in [-0.1, -0.05) is 68.9 Å². The Hall–Kier alpha value is -3.90. The van der Waals surface area contributed by atoms with Gasteiger partial charge in [0.05, 0.1) is 5.69 Å². The summed E-state index contributed by atoms with van der Waals surface area (Å²) < 4.78 is 42.7. The number of aliphatic imine (C=N–C) groups is 1. The molecule has 1 fully saturated rings. The van der Waals surface area contributed by atoms with E-state index in [-0.39, 0.29) is 5.75 Å². The highest BCUT2D eigenvalue weighted by atomic mass is 32.2. The van der Waals surface area contributed by atoms with E-state index in [1.165, 1.54) is 52.1 Å². The van der Waals surface area contributed by atoms with Crippen molar-refractivity contribution in [3.63, 3.8) is 0 Å². The first-order chi connectivity index (χ1) is 21.4. The minimum Gasteiger partial charge on any atom is -0.406 e. The van der Waals surface area contributed by atoms with Crippen LogP contribution in [-0.4, -0.2) is 50.2 Å². The standard InChI is InChI=1S/C33H35F3N6OS2/c1-21(2)28-14-5-22(3)17-29(28)41-18-23(4)19-45-32(41)39-31(44)37-16-15-24-6-8-25(9-7-24)30-38-20-42(40-30)26-10-12-27(13-11-26)43-33(34,35)36/h5-14,17,20-21,23H,15-16,18-19H2,1-4H3,(H,37,44)/b39-32-. The number of aryl methyl sites for hydroxylation is 1. The van der Waals surface area contributed by atoms with Crippen LogP contribution in [0, 0.1) is 12.8 Å². The fraction of sp³-hybridized carbons (Fsp3) is 0.333. The van der Waals surface area contributed by atoms with E-state index in [9.17, 15) is 13.2 Å². The Morgan fingerprint density at radius 3 is 2.53 bits per heavy atom. The Labute approximate surface area is 270 Å². The average Bonchev–Trinajstić information content (AvgIpc) is 3.48. The number of ether oxygens (including phenoxy) is 1. The highest BCUT2D eigenvalue weighted by molar-refractivity contribution is 8.14.